The maximum absolute atomic E-state index is 9.15. The van der Waals surface area contributed by atoms with Crippen molar-refractivity contribution in [3.63, 3.8) is 0 Å². The number of benzene rings is 1. The fourth-order valence-corrected chi connectivity index (χ4v) is 2.46. The number of aliphatic hydroxyl groups is 1. The molecular weight excluding hydrogens is 198 g/mol. The normalized spacial score (nSPS) is 23.5. The SMILES string of the molecule is CC(CO)C1CCN(Cc2ccccc2)C1. The fourth-order valence-electron chi connectivity index (χ4n) is 2.46. The number of likely N-dealkylation sites (tertiary alicyclic amines) is 1. The summed E-state index contributed by atoms with van der Waals surface area (Å²) >= 11 is 0. The van der Waals surface area contributed by atoms with Crippen molar-refractivity contribution in [1.82, 2.24) is 4.90 Å². The van der Waals surface area contributed by atoms with Gasteiger partial charge < -0.3 is 5.11 Å². The van der Waals surface area contributed by atoms with E-state index in [1.54, 1.807) is 0 Å². The summed E-state index contributed by atoms with van der Waals surface area (Å²) in [6, 6.07) is 10.6. The zero-order valence-electron chi connectivity index (χ0n) is 9.97. The Morgan fingerprint density at radius 2 is 2.12 bits per heavy atom. The van der Waals surface area contributed by atoms with Crippen LogP contribution in [0, 0.1) is 11.8 Å². The minimum atomic E-state index is 0.323. The Morgan fingerprint density at radius 1 is 1.38 bits per heavy atom. The van der Waals surface area contributed by atoms with Gasteiger partial charge in [0.15, 0.2) is 0 Å². The van der Waals surface area contributed by atoms with Crippen molar-refractivity contribution < 1.29 is 5.11 Å². The van der Waals surface area contributed by atoms with Crippen molar-refractivity contribution in [2.24, 2.45) is 11.8 Å². The Kier molecular flexibility index (Phi) is 3.97. The molecule has 2 unspecified atom stereocenters. The summed E-state index contributed by atoms with van der Waals surface area (Å²) in [7, 11) is 0. The summed E-state index contributed by atoms with van der Waals surface area (Å²) in [5, 5.41) is 9.15. The summed E-state index contributed by atoms with van der Waals surface area (Å²) < 4.78 is 0. The van der Waals surface area contributed by atoms with Crippen LogP contribution in [0.3, 0.4) is 0 Å². The van der Waals surface area contributed by atoms with Crippen LogP contribution in [0.4, 0.5) is 0 Å². The molecule has 2 nitrogen and oxygen atoms in total. The lowest BCUT2D eigenvalue weighted by Crippen LogP contribution is -2.23. The second-order valence-corrected chi connectivity index (χ2v) is 4.93. The second-order valence-electron chi connectivity index (χ2n) is 4.93. The average Bonchev–Trinajstić information content (AvgIpc) is 2.78. The summed E-state index contributed by atoms with van der Waals surface area (Å²) in [6.07, 6.45) is 1.23. The van der Waals surface area contributed by atoms with Crippen LogP contribution in [0.5, 0.6) is 0 Å². The molecule has 0 saturated carbocycles. The van der Waals surface area contributed by atoms with Gasteiger partial charge in [0.25, 0.3) is 0 Å². The molecule has 1 fully saturated rings. The lowest BCUT2D eigenvalue weighted by molar-refractivity contribution is 0.185. The van der Waals surface area contributed by atoms with E-state index in [2.05, 4.69) is 42.2 Å². The standard InChI is InChI=1S/C14H21NO/c1-12(11-16)14-7-8-15(10-14)9-13-5-3-2-4-6-13/h2-6,12,14,16H,7-11H2,1H3. The highest BCUT2D eigenvalue weighted by Gasteiger charge is 2.26. The van der Waals surface area contributed by atoms with Gasteiger partial charge in [-0.2, -0.15) is 0 Å². The number of rotatable bonds is 4. The molecule has 0 aromatic heterocycles. The maximum atomic E-state index is 9.15. The molecule has 0 radical (unpaired) electrons. The zero-order valence-corrected chi connectivity index (χ0v) is 9.97. The van der Waals surface area contributed by atoms with E-state index in [0.29, 0.717) is 18.4 Å². The first-order valence-corrected chi connectivity index (χ1v) is 6.16. The molecule has 0 amide bonds. The van der Waals surface area contributed by atoms with Crippen molar-refractivity contribution in [3.05, 3.63) is 35.9 Å². The van der Waals surface area contributed by atoms with Crippen LogP contribution in [-0.4, -0.2) is 29.7 Å². The van der Waals surface area contributed by atoms with Gasteiger partial charge in [-0.15, -0.1) is 0 Å². The molecule has 1 heterocycles. The first-order chi connectivity index (χ1) is 7.79. The predicted octanol–water partition coefficient (Wildman–Crippen LogP) is 2.14. The molecule has 1 aromatic rings. The van der Waals surface area contributed by atoms with Gasteiger partial charge in [-0.05, 0) is 30.4 Å². The third-order valence-corrected chi connectivity index (χ3v) is 3.65. The Balaban J connectivity index is 1.85. The molecule has 1 saturated heterocycles. The van der Waals surface area contributed by atoms with Crippen molar-refractivity contribution in [2.45, 2.75) is 19.9 Å². The topological polar surface area (TPSA) is 23.5 Å². The van der Waals surface area contributed by atoms with Crippen LogP contribution in [0.15, 0.2) is 30.3 Å². The minimum Gasteiger partial charge on any atom is -0.396 e. The van der Waals surface area contributed by atoms with Crippen molar-refractivity contribution in [2.75, 3.05) is 19.7 Å². The van der Waals surface area contributed by atoms with Crippen LogP contribution in [-0.2, 0) is 6.54 Å². The van der Waals surface area contributed by atoms with Gasteiger partial charge in [-0.25, -0.2) is 0 Å². The van der Waals surface area contributed by atoms with Crippen molar-refractivity contribution >= 4 is 0 Å². The second kappa shape index (κ2) is 5.46. The van der Waals surface area contributed by atoms with E-state index < -0.39 is 0 Å². The number of hydrogen-bond donors (Lipinski definition) is 1. The summed E-state index contributed by atoms with van der Waals surface area (Å²) in [4.78, 5) is 2.49. The first kappa shape index (κ1) is 11.6. The molecule has 2 rings (SSSR count). The number of nitrogens with zero attached hydrogens (tertiary/aromatic N) is 1. The van der Waals surface area contributed by atoms with Crippen LogP contribution >= 0.6 is 0 Å². The van der Waals surface area contributed by atoms with Crippen LogP contribution < -0.4 is 0 Å². The third kappa shape index (κ3) is 2.83. The van der Waals surface area contributed by atoms with E-state index in [1.807, 2.05) is 0 Å². The number of aliphatic hydroxyl groups excluding tert-OH is 1. The van der Waals surface area contributed by atoms with Crippen molar-refractivity contribution in [1.29, 1.82) is 0 Å². The van der Waals surface area contributed by atoms with E-state index in [4.69, 9.17) is 5.11 Å². The Bertz CT molecular complexity index is 312. The van der Waals surface area contributed by atoms with Crippen LogP contribution in [0.25, 0.3) is 0 Å². The Hall–Kier alpha value is -0.860. The molecule has 88 valence electrons. The molecule has 1 N–H and O–H groups in total. The van der Waals surface area contributed by atoms with Gasteiger partial charge in [0, 0.05) is 19.7 Å². The van der Waals surface area contributed by atoms with E-state index >= 15 is 0 Å². The summed E-state index contributed by atoms with van der Waals surface area (Å²) in [5.74, 6) is 1.12. The monoisotopic (exact) mass is 219 g/mol. The Morgan fingerprint density at radius 3 is 2.81 bits per heavy atom. The lowest BCUT2D eigenvalue weighted by atomic mass is 9.94. The highest BCUT2D eigenvalue weighted by molar-refractivity contribution is 5.14. The molecule has 2 atom stereocenters. The maximum Gasteiger partial charge on any atom is 0.0459 e. The minimum absolute atomic E-state index is 0.323. The molecule has 16 heavy (non-hydrogen) atoms. The van der Waals surface area contributed by atoms with E-state index in [1.165, 1.54) is 18.5 Å². The van der Waals surface area contributed by atoms with Crippen LogP contribution in [0.1, 0.15) is 18.9 Å². The van der Waals surface area contributed by atoms with E-state index in [-0.39, 0.29) is 0 Å². The lowest BCUT2D eigenvalue weighted by Gasteiger charge is -2.18. The summed E-state index contributed by atoms with van der Waals surface area (Å²) in [6.45, 7) is 5.83. The highest BCUT2D eigenvalue weighted by Crippen LogP contribution is 2.24. The Labute approximate surface area is 97.9 Å². The molecule has 1 aliphatic heterocycles. The highest BCUT2D eigenvalue weighted by atomic mass is 16.3. The van der Waals surface area contributed by atoms with Crippen molar-refractivity contribution in [3.8, 4) is 0 Å². The molecule has 2 heteroatoms. The molecule has 0 spiro atoms. The van der Waals surface area contributed by atoms with Crippen LogP contribution in [0.2, 0.25) is 0 Å². The van der Waals surface area contributed by atoms with Gasteiger partial charge >= 0.3 is 0 Å². The van der Waals surface area contributed by atoms with Gasteiger partial charge in [0.1, 0.15) is 0 Å². The average molecular weight is 219 g/mol. The van der Waals surface area contributed by atoms with Gasteiger partial charge in [-0.1, -0.05) is 37.3 Å². The van der Waals surface area contributed by atoms with Gasteiger partial charge in [-0.3, -0.25) is 4.90 Å². The smallest absolute Gasteiger partial charge is 0.0459 e. The van der Waals surface area contributed by atoms with E-state index in [9.17, 15) is 0 Å². The third-order valence-electron chi connectivity index (χ3n) is 3.65. The molecule has 1 aromatic carbocycles. The quantitative estimate of drug-likeness (QED) is 0.838. The first-order valence-electron chi connectivity index (χ1n) is 6.16. The predicted molar refractivity (Wildman–Crippen MR) is 66.1 cm³/mol. The largest absolute Gasteiger partial charge is 0.396 e. The number of hydrogen-bond acceptors (Lipinski definition) is 2. The molecule has 0 aliphatic carbocycles. The molecule has 0 bridgehead atoms. The fraction of sp³-hybridized carbons (Fsp3) is 0.571. The van der Waals surface area contributed by atoms with Gasteiger partial charge in [0.05, 0.1) is 0 Å². The van der Waals surface area contributed by atoms with Gasteiger partial charge in [0.2, 0.25) is 0 Å². The van der Waals surface area contributed by atoms with E-state index in [0.717, 1.165) is 13.1 Å². The summed E-state index contributed by atoms with van der Waals surface area (Å²) in [5.41, 5.74) is 1.39. The molecular formula is C14H21NO. The zero-order chi connectivity index (χ0) is 11.4. The molecule has 1 aliphatic rings.